The minimum atomic E-state index is 0.525. The summed E-state index contributed by atoms with van der Waals surface area (Å²) in [5.41, 5.74) is 1.05. The van der Waals surface area contributed by atoms with E-state index in [1.807, 2.05) is 0 Å². The van der Waals surface area contributed by atoms with Gasteiger partial charge in [-0.2, -0.15) is 0 Å². The predicted octanol–water partition coefficient (Wildman–Crippen LogP) is 3.06. The lowest BCUT2D eigenvalue weighted by Gasteiger charge is -2.15. The minimum absolute atomic E-state index is 0.525. The van der Waals surface area contributed by atoms with Crippen molar-refractivity contribution in [3.05, 3.63) is 0 Å². The molecule has 0 amide bonds. The van der Waals surface area contributed by atoms with E-state index in [4.69, 9.17) is 0 Å². The van der Waals surface area contributed by atoms with Crippen LogP contribution in [0.4, 0.5) is 0 Å². The quantitative estimate of drug-likeness (QED) is 0.730. The topological polar surface area (TPSA) is 12.0 Å². The van der Waals surface area contributed by atoms with E-state index in [9.17, 15) is 0 Å². The number of rotatable bonds is 3. The van der Waals surface area contributed by atoms with E-state index in [1.54, 1.807) is 0 Å². The molecule has 2 aliphatic carbocycles. The van der Waals surface area contributed by atoms with Crippen molar-refractivity contribution in [3.63, 3.8) is 0 Å². The van der Waals surface area contributed by atoms with Gasteiger partial charge in [0.15, 0.2) is 0 Å². The maximum absolute atomic E-state index is 3.78. The molecule has 2 rings (SSSR count). The highest BCUT2D eigenvalue weighted by Gasteiger charge is 2.66. The summed E-state index contributed by atoms with van der Waals surface area (Å²) in [4.78, 5) is 0. The Bertz CT molecular complexity index is 228. The number of hydrogen-bond acceptors (Lipinski definition) is 1. The summed E-state index contributed by atoms with van der Waals surface area (Å²) in [5, 5.41) is 3.78. The van der Waals surface area contributed by atoms with E-state index >= 15 is 0 Å². The molecular formula is C13H25N. The number of hydrogen-bond donors (Lipinski definition) is 1. The highest BCUT2D eigenvalue weighted by atomic mass is 15.0. The van der Waals surface area contributed by atoms with Crippen molar-refractivity contribution in [1.82, 2.24) is 5.32 Å². The lowest BCUT2D eigenvalue weighted by Crippen LogP contribution is -2.32. The second kappa shape index (κ2) is 2.75. The molecule has 2 saturated carbocycles. The zero-order valence-corrected chi connectivity index (χ0v) is 10.5. The highest BCUT2D eigenvalue weighted by Crippen LogP contribution is 2.69. The maximum atomic E-state index is 3.78. The van der Waals surface area contributed by atoms with Gasteiger partial charge in [0, 0.05) is 12.1 Å². The van der Waals surface area contributed by atoms with Gasteiger partial charge in [0.05, 0.1) is 0 Å². The van der Waals surface area contributed by atoms with E-state index in [0.29, 0.717) is 16.9 Å². The van der Waals surface area contributed by atoms with E-state index in [-0.39, 0.29) is 0 Å². The molecule has 0 aromatic heterocycles. The van der Waals surface area contributed by atoms with Crippen LogP contribution in [0, 0.1) is 22.7 Å². The molecule has 0 spiro atoms. The van der Waals surface area contributed by atoms with Crippen molar-refractivity contribution >= 4 is 0 Å². The molecule has 1 heteroatoms. The van der Waals surface area contributed by atoms with Crippen LogP contribution in [0.3, 0.4) is 0 Å². The first-order valence-corrected chi connectivity index (χ1v) is 6.04. The van der Waals surface area contributed by atoms with Gasteiger partial charge in [-0.3, -0.25) is 0 Å². The fourth-order valence-corrected chi connectivity index (χ4v) is 3.49. The molecule has 1 unspecified atom stereocenters. The van der Waals surface area contributed by atoms with Gasteiger partial charge in [0.25, 0.3) is 0 Å². The third-order valence-corrected chi connectivity index (χ3v) is 5.22. The molecule has 3 atom stereocenters. The second-order valence-corrected chi connectivity index (χ2v) is 6.70. The molecule has 0 aromatic rings. The standard InChI is InChI=1S/C13H25N/c1-8-7-10(8)14-9(2)11-12(3,4)13(11,5)6/h8-11,14H,7H2,1-6H3/t8-,9?,10-/m1/s1. The third-order valence-electron chi connectivity index (χ3n) is 5.22. The summed E-state index contributed by atoms with van der Waals surface area (Å²) < 4.78 is 0. The van der Waals surface area contributed by atoms with Gasteiger partial charge in [-0.25, -0.2) is 0 Å². The van der Waals surface area contributed by atoms with Crippen molar-refractivity contribution in [2.24, 2.45) is 22.7 Å². The highest BCUT2D eigenvalue weighted by molar-refractivity contribution is 5.16. The maximum Gasteiger partial charge on any atom is 0.00989 e. The average molecular weight is 195 g/mol. The van der Waals surface area contributed by atoms with Gasteiger partial charge in [0.2, 0.25) is 0 Å². The molecule has 0 aromatic carbocycles. The van der Waals surface area contributed by atoms with Crippen LogP contribution < -0.4 is 5.32 Å². The molecule has 0 bridgehead atoms. The van der Waals surface area contributed by atoms with Crippen molar-refractivity contribution in [2.45, 2.75) is 60.0 Å². The monoisotopic (exact) mass is 195 g/mol. The van der Waals surface area contributed by atoms with Gasteiger partial charge in [-0.15, -0.1) is 0 Å². The van der Waals surface area contributed by atoms with Gasteiger partial charge >= 0.3 is 0 Å². The Morgan fingerprint density at radius 3 is 1.86 bits per heavy atom. The van der Waals surface area contributed by atoms with Crippen LogP contribution in [-0.2, 0) is 0 Å². The summed E-state index contributed by atoms with van der Waals surface area (Å²) in [6.45, 7) is 14.3. The van der Waals surface area contributed by atoms with Crippen LogP contribution in [0.1, 0.15) is 48.0 Å². The van der Waals surface area contributed by atoms with E-state index in [0.717, 1.165) is 17.9 Å². The molecule has 2 aliphatic rings. The summed E-state index contributed by atoms with van der Waals surface area (Å²) in [6.07, 6.45) is 1.39. The van der Waals surface area contributed by atoms with E-state index in [2.05, 4.69) is 46.9 Å². The summed E-state index contributed by atoms with van der Waals surface area (Å²) in [6, 6.07) is 1.51. The third kappa shape index (κ3) is 1.32. The smallest absolute Gasteiger partial charge is 0.00989 e. The molecule has 0 aliphatic heterocycles. The second-order valence-electron chi connectivity index (χ2n) is 6.70. The fourth-order valence-electron chi connectivity index (χ4n) is 3.49. The first-order chi connectivity index (χ1) is 6.28. The largest absolute Gasteiger partial charge is 0.311 e. The van der Waals surface area contributed by atoms with Gasteiger partial charge < -0.3 is 5.32 Å². The molecule has 1 N–H and O–H groups in total. The van der Waals surface area contributed by atoms with Gasteiger partial charge in [-0.05, 0) is 36.0 Å². The van der Waals surface area contributed by atoms with Crippen LogP contribution in [-0.4, -0.2) is 12.1 Å². The lowest BCUT2D eigenvalue weighted by atomic mass is 10.0. The Morgan fingerprint density at radius 2 is 1.57 bits per heavy atom. The minimum Gasteiger partial charge on any atom is -0.311 e. The lowest BCUT2D eigenvalue weighted by molar-refractivity contribution is 0.415. The van der Waals surface area contributed by atoms with Crippen molar-refractivity contribution < 1.29 is 0 Å². The predicted molar refractivity (Wildman–Crippen MR) is 61.2 cm³/mol. The molecule has 0 heterocycles. The van der Waals surface area contributed by atoms with E-state index in [1.165, 1.54) is 6.42 Å². The Hall–Kier alpha value is -0.0400. The first kappa shape index (κ1) is 10.5. The molecule has 82 valence electrons. The summed E-state index contributed by atoms with van der Waals surface area (Å²) >= 11 is 0. The van der Waals surface area contributed by atoms with Crippen molar-refractivity contribution in [1.29, 1.82) is 0 Å². The fraction of sp³-hybridized carbons (Fsp3) is 1.00. The zero-order chi connectivity index (χ0) is 10.7. The molecule has 1 nitrogen and oxygen atoms in total. The molecular weight excluding hydrogens is 170 g/mol. The molecule has 14 heavy (non-hydrogen) atoms. The SMILES string of the molecule is CC(N[C@@H]1C[C@H]1C)C1C(C)(C)C1(C)C. The van der Waals surface area contributed by atoms with Gasteiger partial charge in [-0.1, -0.05) is 34.6 Å². The Kier molecular flexibility index (Phi) is 2.06. The van der Waals surface area contributed by atoms with E-state index < -0.39 is 0 Å². The van der Waals surface area contributed by atoms with Crippen LogP contribution in [0.25, 0.3) is 0 Å². The number of nitrogens with one attached hydrogen (secondary N) is 1. The summed E-state index contributed by atoms with van der Waals surface area (Å²) in [7, 11) is 0. The summed E-state index contributed by atoms with van der Waals surface area (Å²) in [5.74, 6) is 1.77. The molecule has 0 radical (unpaired) electrons. The first-order valence-electron chi connectivity index (χ1n) is 6.04. The van der Waals surface area contributed by atoms with Crippen molar-refractivity contribution in [2.75, 3.05) is 0 Å². The van der Waals surface area contributed by atoms with Crippen LogP contribution in [0.15, 0.2) is 0 Å². The van der Waals surface area contributed by atoms with Crippen LogP contribution in [0.2, 0.25) is 0 Å². The Labute approximate surface area is 88.7 Å². The van der Waals surface area contributed by atoms with Crippen LogP contribution in [0.5, 0.6) is 0 Å². The van der Waals surface area contributed by atoms with Crippen molar-refractivity contribution in [3.8, 4) is 0 Å². The molecule has 0 saturated heterocycles. The Balaban J connectivity index is 1.91. The normalized spacial score (nSPS) is 40.7. The Morgan fingerprint density at radius 1 is 1.14 bits per heavy atom. The van der Waals surface area contributed by atoms with Gasteiger partial charge in [0.1, 0.15) is 0 Å². The zero-order valence-electron chi connectivity index (χ0n) is 10.5. The molecule has 2 fully saturated rings. The van der Waals surface area contributed by atoms with Crippen LogP contribution >= 0.6 is 0 Å². The average Bonchev–Trinajstić information content (AvgIpc) is 2.73.